The third-order valence-electron chi connectivity index (χ3n) is 3.80. The normalized spacial score (nSPS) is 24.1. The van der Waals surface area contributed by atoms with Crippen molar-refractivity contribution in [2.45, 2.75) is 38.5 Å². The summed E-state index contributed by atoms with van der Waals surface area (Å²) in [6.45, 7) is 4.28. The second-order valence-corrected chi connectivity index (χ2v) is 5.02. The summed E-state index contributed by atoms with van der Waals surface area (Å²) in [5.41, 5.74) is 0.924. The van der Waals surface area contributed by atoms with E-state index in [9.17, 15) is 4.39 Å². The lowest BCUT2D eigenvalue weighted by Crippen LogP contribution is -2.25. The summed E-state index contributed by atoms with van der Waals surface area (Å²) in [5, 5.41) is 3.47. The van der Waals surface area contributed by atoms with Gasteiger partial charge in [0.2, 0.25) is 0 Å². The zero-order valence-corrected chi connectivity index (χ0v) is 10.6. The molecule has 1 fully saturated rings. The molecular formula is C15H22FN. The first kappa shape index (κ1) is 12.6. The SMILES string of the molecule is CCCNCC1CCCC1c1ccccc1F. The van der Waals surface area contributed by atoms with Crippen LogP contribution >= 0.6 is 0 Å². The lowest BCUT2D eigenvalue weighted by molar-refractivity contribution is 0.432. The highest BCUT2D eigenvalue weighted by molar-refractivity contribution is 5.23. The van der Waals surface area contributed by atoms with Crippen LogP contribution in [0.5, 0.6) is 0 Å². The van der Waals surface area contributed by atoms with Crippen molar-refractivity contribution < 1.29 is 4.39 Å². The zero-order valence-electron chi connectivity index (χ0n) is 10.6. The van der Waals surface area contributed by atoms with Gasteiger partial charge in [-0.3, -0.25) is 0 Å². The van der Waals surface area contributed by atoms with Crippen LogP contribution in [-0.4, -0.2) is 13.1 Å². The summed E-state index contributed by atoms with van der Waals surface area (Å²) >= 11 is 0. The minimum atomic E-state index is -0.0279. The summed E-state index contributed by atoms with van der Waals surface area (Å²) in [7, 11) is 0. The van der Waals surface area contributed by atoms with E-state index in [2.05, 4.69) is 12.2 Å². The molecule has 0 aliphatic heterocycles. The van der Waals surface area contributed by atoms with Crippen LogP contribution in [0, 0.1) is 11.7 Å². The first-order valence-electron chi connectivity index (χ1n) is 6.78. The molecule has 0 saturated heterocycles. The summed E-state index contributed by atoms with van der Waals surface area (Å²) in [4.78, 5) is 0. The number of nitrogens with one attached hydrogen (secondary N) is 1. The van der Waals surface area contributed by atoms with Gasteiger partial charge >= 0.3 is 0 Å². The van der Waals surface area contributed by atoms with Crippen molar-refractivity contribution >= 4 is 0 Å². The molecule has 0 bridgehead atoms. The molecule has 1 N–H and O–H groups in total. The number of rotatable bonds is 5. The Labute approximate surface area is 103 Å². The molecule has 1 aliphatic carbocycles. The Morgan fingerprint density at radius 3 is 2.88 bits per heavy atom. The Morgan fingerprint density at radius 1 is 1.29 bits per heavy atom. The molecule has 1 aromatic carbocycles. The topological polar surface area (TPSA) is 12.0 Å². The number of halogens is 1. The molecule has 0 radical (unpaired) electrons. The van der Waals surface area contributed by atoms with Crippen molar-refractivity contribution in [3.63, 3.8) is 0 Å². The maximum Gasteiger partial charge on any atom is 0.126 e. The van der Waals surface area contributed by atoms with Gasteiger partial charge in [0.05, 0.1) is 0 Å². The van der Waals surface area contributed by atoms with Crippen LogP contribution in [-0.2, 0) is 0 Å². The van der Waals surface area contributed by atoms with Crippen molar-refractivity contribution in [1.82, 2.24) is 5.32 Å². The highest BCUT2D eigenvalue weighted by atomic mass is 19.1. The van der Waals surface area contributed by atoms with Gasteiger partial charge in [-0.15, -0.1) is 0 Å². The Morgan fingerprint density at radius 2 is 2.12 bits per heavy atom. The average molecular weight is 235 g/mol. The predicted octanol–water partition coefficient (Wildman–Crippen LogP) is 3.71. The van der Waals surface area contributed by atoms with Crippen LogP contribution < -0.4 is 5.32 Å². The third-order valence-corrected chi connectivity index (χ3v) is 3.80. The van der Waals surface area contributed by atoms with E-state index in [0.717, 1.165) is 31.5 Å². The standard InChI is InChI=1S/C15H22FN/c1-2-10-17-11-12-6-5-8-13(12)14-7-3-4-9-15(14)16/h3-4,7,9,12-13,17H,2,5-6,8,10-11H2,1H3. The van der Waals surface area contributed by atoms with Crippen LogP contribution in [0.3, 0.4) is 0 Å². The molecule has 1 aliphatic rings. The molecular weight excluding hydrogens is 213 g/mol. The van der Waals surface area contributed by atoms with Gasteiger partial charge in [0.1, 0.15) is 5.82 Å². The van der Waals surface area contributed by atoms with E-state index in [1.54, 1.807) is 12.1 Å². The molecule has 0 aromatic heterocycles. The average Bonchev–Trinajstić information content (AvgIpc) is 2.78. The van der Waals surface area contributed by atoms with Gasteiger partial charge in [-0.1, -0.05) is 31.5 Å². The van der Waals surface area contributed by atoms with Gasteiger partial charge in [0.25, 0.3) is 0 Å². The molecule has 0 spiro atoms. The van der Waals surface area contributed by atoms with Gasteiger partial charge in [-0.25, -0.2) is 4.39 Å². The Kier molecular flexibility index (Phi) is 4.55. The summed E-state index contributed by atoms with van der Waals surface area (Å²) in [6, 6.07) is 7.27. The highest BCUT2D eigenvalue weighted by Gasteiger charge is 2.29. The summed E-state index contributed by atoms with van der Waals surface area (Å²) in [6.07, 6.45) is 4.77. The lowest BCUT2D eigenvalue weighted by atomic mass is 9.88. The van der Waals surface area contributed by atoms with E-state index in [1.165, 1.54) is 12.8 Å². The predicted molar refractivity (Wildman–Crippen MR) is 69.6 cm³/mol. The maximum absolute atomic E-state index is 13.8. The quantitative estimate of drug-likeness (QED) is 0.767. The second kappa shape index (κ2) is 6.15. The van der Waals surface area contributed by atoms with E-state index in [0.29, 0.717) is 11.8 Å². The van der Waals surface area contributed by atoms with Crippen molar-refractivity contribution in [2.24, 2.45) is 5.92 Å². The molecule has 1 saturated carbocycles. The zero-order chi connectivity index (χ0) is 12.1. The molecule has 0 amide bonds. The minimum absolute atomic E-state index is 0.0279. The fraction of sp³-hybridized carbons (Fsp3) is 0.600. The largest absolute Gasteiger partial charge is 0.316 e. The maximum atomic E-state index is 13.8. The van der Waals surface area contributed by atoms with Crippen molar-refractivity contribution in [2.75, 3.05) is 13.1 Å². The fourth-order valence-electron chi connectivity index (χ4n) is 2.93. The molecule has 0 heterocycles. The third kappa shape index (κ3) is 3.06. The molecule has 17 heavy (non-hydrogen) atoms. The van der Waals surface area contributed by atoms with Gasteiger partial charge in [-0.05, 0) is 55.8 Å². The van der Waals surface area contributed by atoms with E-state index < -0.39 is 0 Å². The van der Waals surface area contributed by atoms with Crippen LogP contribution in [0.15, 0.2) is 24.3 Å². The van der Waals surface area contributed by atoms with Crippen LogP contribution in [0.2, 0.25) is 0 Å². The first-order chi connectivity index (χ1) is 8.33. The Bertz CT molecular complexity index is 351. The van der Waals surface area contributed by atoms with Crippen LogP contribution in [0.4, 0.5) is 4.39 Å². The summed E-state index contributed by atoms with van der Waals surface area (Å²) < 4.78 is 13.8. The molecule has 94 valence electrons. The van der Waals surface area contributed by atoms with Gasteiger partial charge in [-0.2, -0.15) is 0 Å². The van der Waals surface area contributed by atoms with Gasteiger partial charge in [0, 0.05) is 0 Å². The van der Waals surface area contributed by atoms with Crippen LogP contribution in [0.1, 0.15) is 44.1 Å². The number of hydrogen-bond donors (Lipinski definition) is 1. The van der Waals surface area contributed by atoms with Gasteiger partial charge in [0.15, 0.2) is 0 Å². The first-order valence-corrected chi connectivity index (χ1v) is 6.78. The van der Waals surface area contributed by atoms with Crippen molar-refractivity contribution in [3.05, 3.63) is 35.6 Å². The molecule has 1 aromatic rings. The number of benzene rings is 1. The molecule has 2 unspecified atom stereocenters. The van der Waals surface area contributed by atoms with Crippen LogP contribution in [0.25, 0.3) is 0 Å². The molecule has 2 atom stereocenters. The molecule has 2 heteroatoms. The fourth-order valence-corrected chi connectivity index (χ4v) is 2.93. The lowest BCUT2D eigenvalue weighted by Gasteiger charge is -2.21. The highest BCUT2D eigenvalue weighted by Crippen LogP contribution is 2.40. The Hall–Kier alpha value is -0.890. The molecule has 2 rings (SSSR count). The summed E-state index contributed by atoms with van der Waals surface area (Å²) in [5.74, 6) is 0.999. The molecule has 1 nitrogen and oxygen atoms in total. The minimum Gasteiger partial charge on any atom is -0.316 e. The van der Waals surface area contributed by atoms with E-state index in [4.69, 9.17) is 0 Å². The smallest absolute Gasteiger partial charge is 0.126 e. The Balaban J connectivity index is 2.02. The van der Waals surface area contributed by atoms with Crippen molar-refractivity contribution in [1.29, 1.82) is 0 Å². The van der Waals surface area contributed by atoms with Crippen molar-refractivity contribution in [3.8, 4) is 0 Å². The van der Waals surface area contributed by atoms with E-state index in [1.807, 2.05) is 12.1 Å². The number of hydrogen-bond acceptors (Lipinski definition) is 1. The second-order valence-electron chi connectivity index (χ2n) is 5.02. The van der Waals surface area contributed by atoms with E-state index in [-0.39, 0.29) is 5.82 Å². The van der Waals surface area contributed by atoms with E-state index >= 15 is 0 Å². The van der Waals surface area contributed by atoms with Gasteiger partial charge < -0.3 is 5.32 Å². The monoisotopic (exact) mass is 235 g/mol.